The van der Waals surface area contributed by atoms with Gasteiger partial charge in [0.2, 0.25) is 0 Å². The van der Waals surface area contributed by atoms with Crippen LogP contribution in [0.1, 0.15) is 0 Å². The van der Waals surface area contributed by atoms with Crippen molar-refractivity contribution < 1.29 is 4.42 Å². The van der Waals surface area contributed by atoms with Crippen molar-refractivity contribution >= 4 is 43.5 Å². The van der Waals surface area contributed by atoms with Crippen molar-refractivity contribution in [1.82, 2.24) is 15.0 Å². The van der Waals surface area contributed by atoms with Crippen LogP contribution in [0.5, 0.6) is 0 Å². The summed E-state index contributed by atoms with van der Waals surface area (Å²) >= 11 is 0. The highest BCUT2D eigenvalue weighted by Gasteiger charge is 2.18. The van der Waals surface area contributed by atoms with E-state index in [0.29, 0.717) is 17.5 Å². The molecule has 0 fully saturated rings. The molecule has 0 aliphatic heterocycles. The van der Waals surface area contributed by atoms with Crippen LogP contribution in [0.3, 0.4) is 0 Å². The number of hydrogen-bond donors (Lipinski definition) is 0. The fourth-order valence-electron chi connectivity index (χ4n) is 5.37. The average Bonchev–Trinajstić information content (AvgIpc) is 3.37. The van der Waals surface area contributed by atoms with Crippen molar-refractivity contribution in [3.63, 3.8) is 0 Å². The molecule has 0 N–H and O–H groups in total. The van der Waals surface area contributed by atoms with Crippen molar-refractivity contribution in [2.45, 2.75) is 0 Å². The van der Waals surface area contributed by atoms with Crippen molar-refractivity contribution in [2.75, 3.05) is 0 Å². The van der Waals surface area contributed by atoms with Crippen molar-refractivity contribution in [3.8, 4) is 34.2 Å². The Morgan fingerprint density at radius 2 is 1.05 bits per heavy atom. The third kappa shape index (κ3) is 3.65. The van der Waals surface area contributed by atoms with Crippen LogP contribution in [-0.4, -0.2) is 15.0 Å². The molecule has 6 aromatic carbocycles. The lowest BCUT2D eigenvalue weighted by Crippen LogP contribution is -2.00. The molecule has 0 atom stereocenters. The van der Waals surface area contributed by atoms with E-state index >= 15 is 0 Å². The number of aromatic nitrogens is 3. The zero-order chi connectivity index (χ0) is 25.8. The third-order valence-electron chi connectivity index (χ3n) is 7.28. The molecule has 0 aliphatic carbocycles. The van der Waals surface area contributed by atoms with E-state index in [1.165, 1.54) is 10.8 Å². The van der Waals surface area contributed by atoms with Gasteiger partial charge in [0.15, 0.2) is 17.5 Å². The van der Waals surface area contributed by atoms with Gasteiger partial charge in [-0.05, 0) is 45.8 Å². The number of hydrogen-bond acceptors (Lipinski definition) is 4. The highest BCUT2D eigenvalue weighted by atomic mass is 16.3. The van der Waals surface area contributed by atoms with Gasteiger partial charge < -0.3 is 4.42 Å². The highest BCUT2D eigenvalue weighted by Crippen LogP contribution is 2.38. The van der Waals surface area contributed by atoms with Gasteiger partial charge in [-0.25, -0.2) is 15.0 Å². The van der Waals surface area contributed by atoms with Crippen molar-refractivity contribution in [3.05, 3.63) is 127 Å². The SMILES string of the molecule is c1ccc(-c2nc(-c3ccc4ccccc4c3)nc(-c3cccc4oc5cc6ccccc6cc5c34)n2)cc1. The molecule has 8 rings (SSSR count). The summed E-state index contributed by atoms with van der Waals surface area (Å²) in [7, 11) is 0. The smallest absolute Gasteiger partial charge is 0.164 e. The third-order valence-corrected chi connectivity index (χ3v) is 7.28. The van der Waals surface area contributed by atoms with Gasteiger partial charge in [0.05, 0.1) is 0 Å². The Hall–Kier alpha value is -5.35. The molecule has 182 valence electrons. The minimum absolute atomic E-state index is 0.619. The molecule has 0 unspecified atom stereocenters. The zero-order valence-electron chi connectivity index (χ0n) is 20.9. The summed E-state index contributed by atoms with van der Waals surface area (Å²) in [6, 6.07) is 43.5. The number of furan rings is 1. The first-order valence-corrected chi connectivity index (χ1v) is 13.0. The van der Waals surface area contributed by atoms with Gasteiger partial charge >= 0.3 is 0 Å². The minimum Gasteiger partial charge on any atom is -0.456 e. The molecule has 2 aromatic heterocycles. The quantitative estimate of drug-likeness (QED) is 0.243. The maximum Gasteiger partial charge on any atom is 0.164 e. The Labute approximate surface area is 224 Å². The Balaban J connectivity index is 1.41. The molecule has 2 heterocycles. The number of rotatable bonds is 3. The molecule has 4 nitrogen and oxygen atoms in total. The molecule has 0 aliphatic rings. The van der Waals surface area contributed by atoms with E-state index in [2.05, 4.69) is 78.9 Å². The molecular weight excluding hydrogens is 478 g/mol. The first-order valence-electron chi connectivity index (χ1n) is 13.0. The average molecular weight is 500 g/mol. The molecule has 39 heavy (non-hydrogen) atoms. The Kier molecular flexibility index (Phi) is 4.79. The highest BCUT2D eigenvalue weighted by molar-refractivity contribution is 6.15. The van der Waals surface area contributed by atoms with Gasteiger partial charge in [0.25, 0.3) is 0 Å². The summed E-state index contributed by atoms with van der Waals surface area (Å²) in [5.74, 6) is 1.90. The lowest BCUT2D eigenvalue weighted by molar-refractivity contribution is 0.669. The lowest BCUT2D eigenvalue weighted by Gasteiger charge is -2.10. The molecule has 0 saturated carbocycles. The fourth-order valence-corrected chi connectivity index (χ4v) is 5.37. The maximum absolute atomic E-state index is 6.33. The Bertz CT molecular complexity index is 2180. The summed E-state index contributed by atoms with van der Waals surface area (Å²) in [6.07, 6.45) is 0. The van der Waals surface area contributed by atoms with Gasteiger partial charge in [0, 0.05) is 27.5 Å². The molecule has 0 radical (unpaired) electrons. The summed E-state index contributed by atoms with van der Waals surface area (Å²) < 4.78 is 6.33. The van der Waals surface area contributed by atoms with Crippen LogP contribution >= 0.6 is 0 Å². The Morgan fingerprint density at radius 3 is 1.85 bits per heavy atom. The van der Waals surface area contributed by atoms with Gasteiger partial charge in [0.1, 0.15) is 11.2 Å². The van der Waals surface area contributed by atoms with Gasteiger partial charge in [-0.1, -0.05) is 103 Å². The summed E-state index contributed by atoms with van der Waals surface area (Å²) in [5, 5.41) is 6.70. The summed E-state index contributed by atoms with van der Waals surface area (Å²) in [5.41, 5.74) is 4.47. The molecule has 8 aromatic rings. The molecule has 0 amide bonds. The van der Waals surface area contributed by atoms with Crippen molar-refractivity contribution in [1.29, 1.82) is 0 Å². The fraction of sp³-hybridized carbons (Fsp3) is 0. The molecule has 0 spiro atoms. The molecule has 4 heteroatoms. The van der Waals surface area contributed by atoms with Crippen LogP contribution in [0.2, 0.25) is 0 Å². The zero-order valence-corrected chi connectivity index (χ0v) is 20.9. The predicted molar refractivity (Wildman–Crippen MR) is 158 cm³/mol. The number of benzene rings is 6. The van der Waals surface area contributed by atoms with Crippen LogP contribution in [0, 0.1) is 0 Å². The van der Waals surface area contributed by atoms with E-state index in [-0.39, 0.29) is 0 Å². The topological polar surface area (TPSA) is 51.8 Å². The van der Waals surface area contributed by atoms with Crippen LogP contribution < -0.4 is 0 Å². The number of fused-ring (bicyclic) bond motifs is 5. The molecule has 0 saturated heterocycles. The van der Waals surface area contributed by atoms with Crippen LogP contribution in [0.4, 0.5) is 0 Å². The lowest BCUT2D eigenvalue weighted by atomic mass is 10.0. The van der Waals surface area contributed by atoms with E-state index in [4.69, 9.17) is 19.4 Å². The van der Waals surface area contributed by atoms with Crippen LogP contribution in [0.15, 0.2) is 132 Å². The van der Waals surface area contributed by atoms with Crippen molar-refractivity contribution in [2.24, 2.45) is 0 Å². The van der Waals surface area contributed by atoms with E-state index in [0.717, 1.165) is 49.4 Å². The number of nitrogens with zero attached hydrogens (tertiary/aromatic N) is 3. The molecular formula is C35H21N3O. The summed E-state index contributed by atoms with van der Waals surface area (Å²) in [6.45, 7) is 0. The van der Waals surface area contributed by atoms with Crippen LogP contribution in [-0.2, 0) is 0 Å². The van der Waals surface area contributed by atoms with E-state index in [1.54, 1.807) is 0 Å². The maximum atomic E-state index is 6.33. The van der Waals surface area contributed by atoms with E-state index in [1.807, 2.05) is 48.5 Å². The minimum atomic E-state index is 0.619. The normalized spacial score (nSPS) is 11.6. The second kappa shape index (κ2) is 8.61. The van der Waals surface area contributed by atoms with E-state index in [9.17, 15) is 0 Å². The van der Waals surface area contributed by atoms with Gasteiger partial charge in [-0.3, -0.25) is 0 Å². The van der Waals surface area contributed by atoms with Gasteiger partial charge in [-0.2, -0.15) is 0 Å². The Morgan fingerprint density at radius 1 is 0.410 bits per heavy atom. The largest absolute Gasteiger partial charge is 0.456 e. The first kappa shape index (κ1) is 21.7. The second-order valence-electron chi connectivity index (χ2n) is 9.71. The van der Waals surface area contributed by atoms with Gasteiger partial charge in [-0.15, -0.1) is 0 Å². The first-order chi connectivity index (χ1) is 19.3. The monoisotopic (exact) mass is 499 g/mol. The summed E-state index contributed by atoms with van der Waals surface area (Å²) in [4.78, 5) is 15.0. The standard InChI is InChI=1S/C35H21N3O/c1-2-10-23(11-3-1)33-36-34(27-18-17-22-9-4-5-12-24(22)19-27)38-35(37-33)28-15-8-16-30-32(28)29-20-25-13-6-7-14-26(25)21-31(29)39-30/h1-21H. The second-order valence-corrected chi connectivity index (χ2v) is 9.71. The van der Waals surface area contributed by atoms with Crippen LogP contribution in [0.25, 0.3) is 77.6 Å². The molecule has 0 bridgehead atoms. The predicted octanol–water partition coefficient (Wildman–Crippen LogP) is 9.08. The van der Waals surface area contributed by atoms with E-state index < -0.39 is 0 Å².